The number of amides is 1. The highest BCUT2D eigenvalue weighted by Gasteiger charge is 2.17. The Labute approximate surface area is 151 Å². The molecule has 0 saturated carbocycles. The third kappa shape index (κ3) is 4.45. The minimum absolute atomic E-state index is 0.0277. The molecule has 5 nitrogen and oxygen atoms in total. The van der Waals surface area contributed by atoms with E-state index in [0.29, 0.717) is 36.2 Å². The normalized spacial score (nSPS) is 10.6. The van der Waals surface area contributed by atoms with Crippen molar-refractivity contribution in [2.24, 2.45) is 0 Å². The van der Waals surface area contributed by atoms with Crippen LogP contribution < -0.4 is 0 Å². The van der Waals surface area contributed by atoms with Gasteiger partial charge in [0.2, 0.25) is 17.6 Å². The molecular weight excluding hydrogens is 338 g/mol. The molecular formula is C19H18ClN3O2. The average molecular weight is 356 g/mol. The molecule has 1 heterocycles. The number of carbonyl (C=O) groups excluding carboxylic acids is 1. The Morgan fingerprint density at radius 1 is 1.12 bits per heavy atom. The highest BCUT2D eigenvalue weighted by Crippen LogP contribution is 2.19. The largest absolute Gasteiger partial charge is 0.337 e. The van der Waals surface area contributed by atoms with Crippen LogP contribution >= 0.6 is 11.6 Å². The van der Waals surface area contributed by atoms with Crippen molar-refractivity contribution >= 4 is 17.5 Å². The number of halogens is 1. The Morgan fingerprint density at radius 3 is 2.52 bits per heavy atom. The summed E-state index contributed by atoms with van der Waals surface area (Å²) in [6.45, 7) is 2.80. The molecule has 128 valence electrons. The van der Waals surface area contributed by atoms with Gasteiger partial charge >= 0.3 is 0 Å². The van der Waals surface area contributed by atoms with Gasteiger partial charge < -0.3 is 9.42 Å². The van der Waals surface area contributed by atoms with Crippen LogP contribution in [0.15, 0.2) is 59.1 Å². The van der Waals surface area contributed by atoms with Gasteiger partial charge in [-0.1, -0.05) is 47.1 Å². The highest BCUT2D eigenvalue weighted by molar-refractivity contribution is 6.30. The van der Waals surface area contributed by atoms with E-state index in [9.17, 15) is 4.79 Å². The van der Waals surface area contributed by atoms with E-state index in [1.165, 1.54) is 0 Å². The lowest BCUT2D eigenvalue weighted by Crippen LogP contribution is -2.31. The van der Waals surface area contributed by atoms with E-state index in [1.807, 2.05) is 49.4 Å². The average Bonchev–Trinajstić information content (AvgIpc) is 3.09. The van der Waals surface area contributed by atoms with Crippen molar-refractivity contribution < 1.29 is 9.32 Å². The SMILES string of the molecule is CCN(Cc1nc(-c2ccc(Cl)cc2)no1)C(=O)Cc1ccccc1. The first-order valence-electron chi connectivity index (χ1n) is 8.06. The van der Waals surface area contributed by atoms with Gasteiger partial charge in [-0.15, -0.1) is 0 Å². The van der Waals surface area contributed by atoms with E-state index in [-0.39, 0.29) is 5.91 Å². The maximum absolute atomic E-state index is 12.5. The molecule has 0 bridgehead atoms. The molecule has 0 aliphatic rings. The first-order chi connectivity index (χ1) is 12.2. The van der Waals surface area contributed by atoms with Gasteiger partial charge in [0.05, 0.1) is 13.0 Å². The number of carbonyl (C=O) groups is 1. The fraction of sp³-hybridized carbons (Fsp3) is 0.211. The van der Waals surface area contributed by atoms with E-state index in [2.05, 4.69) is 10.1 Å². The molecule has 0 aliphatic heterocycles. The molecule has 1 amide bonds. The molecule has 0 saturated heterocycles. The predicted molar refractivity (Wildman–Crippen MR) is 96.0 cm³/mol. The molecule has 3 aromatic rings. The molecule has 0 atom stereocenters. The smallest absolute Gasteiger partial charge is 0.246 e. The number of hydrogen-bond acceptors (Lipinski definition) is 4. The first kappa shape index (κ1) is 17.2. The Balaban J connectivity index is 1.67. The third-order valence-electron chi connectivity index (χ3n) is 3.83. The zero-order chi connectivity index (χ0) is 17.6. The zero-order valence-corrected chi connectivity index (χ0v) is 14.6. The van der Waals surface area contributed by atoms with Crippen LogP contribution in [0.2, 0.25) is 5.02 Å². The van der Waals surface area contributed by atoms with Crippen molar-refractivity contribution in [3.8, 4) is 11.4 Å². The number of rotatable bonds is 6. The van der Waals surface area contributed by atoms with Gasteiger partial charge in [0, 0.05) is 17.1 Å². The van der Waals surface area contributed by atoms with Gasteiger partial charge in [0.15, 0.2) is 0 Å². The van der Waals surface area contributed by atoms with Crippen LogP contribution in [-0.2, 0) is 17.8 Å². The fourth-order valence-electron chi connectivity index (χ4n) is 2.46. The van der Waals surface area contributed by atoms with Gasteiger partial charge in [-0.05, 0) is 36.8 Å². The number of benzene rings is 2. The summed E-state index contributed by atoms with van der Waals surface area (Å²) in [5, 5.41) is 4.63. The molecule has 0 fully saturated rings. The summed E-state index contributed by atoms with van der Waals surface area (Å²) in [7, 11) is 0. The van der Waals surface area contributed by atoms with Crippen molar-refractivity contribution in [1.82, 2.24) is 15.0 Å². The van der Waals surface area contributed by atoms with Gasteiger partial charge in [0.25, 0.3) is 0 Å². The van der Waals surface area contributed by atoms with Crippen LogP contribution in [0.25, 0.3) is 11.4 Å². The summed E-state index contributed by atoms with van der Waals surface area (Å²) in [6.07, 6.45) is 0.354. The standard InChI is InChI=1S/C19H18ClN3O2/c1-2-23(18(24)12-14-6-4-3-5-7-14)13-17-21-19(22-25-17)15-8-10-16(20)11-9-15/h3-11H,2,12-13H2,1H3. The molecule has 1 aromatic heterocycles. The second-order valence-electron chi connectivity index (χ2n) is 5.59. The topological polar surface area (TPSA) is 59.2 Å². The number of hydrogen-bond donors (Lipinski definition) is 0. The Hall–Kier alpha value is -2.66. The van der Waals surface area contributed by atoms with Gasteiger partial charge in [-0.2, -0.15) is 4.98 Å². The summed E-state index contributed by atoms with van der Waals surface area (Å²) in [6, 6.07) is 16.9. The fourth-order valence-corrected chi connectivity index (χ4v) is 2.58. The quantitative estimate of drug-likeness (QED) is 0.671. The molecule has 0 N–H and O–H groups in total. The Kier molecular flexibility index (Phi) is 5.46. The highest BCUT2D eigenvalue weighted by atomic mass is 35.5. The predicted octanol–water partition coefficient (Wildman–Crippen LogP) is 3.98. The summed E-state index contributed by atoms with van der Waals surface area (Å²) < 4.78 is 5.29. The second-order valence-corrected chi connectivity index (χ2v) is 6.03. The second kappa shape index (κ2) is 7.94. The van der Waals surface area contributed by atoms with E-state index in [4.69, 9.17) is 16.1 Å². The number of aromatic nitrogens is 2. The van der Waals surface area contributed by atoms with Crippen molar-refractivity contribution in [1.29, 1.82) is 0 Å². The third-order valence-corrected chi connectivity index (χ3v) is 4.08. The minimum atomic E-state index is 0.0277. The lowest BCUT2D eigenvalue weighted by atomic mass is 10.1. The number of nitrogens with zero attached hydrogens (tertiary/aromatic N) is 3. The molecule has 0 unspecified atom stereocenters. The van der Waals surface area contributed by atoms with Crippen molar-refractivity contribution in [2.45, 2.75) is 19.9 Å². The molecule has 25 heavy (non-hydrogen) atoms. The molecule has 2 aromatic carbocycles. The Morgan fingerprint density at radius 2 is 1.84 bits per heavy atom. The summed E-state index contributed by atoms with van der Waals surface area (Å²) in [5.74, 6) is 0.923. The van der Waals surface area contributed by atoms with Crippen molar-refractivity contribution in [3.05, 3.63) is 71.1 Å². The molecule has 3 rings (SSSR count). The molecule has 0 radical (unpaired) electrons. The van der Waals surface area contributed by atoms with E-state index in [0.717, 1.165) is 11.1 Å². The van der Waals surface area contributed by atoms with Gasteiger partial charge in [0.1, 0.15) is 0 Å². The first-order valence-corrected chi connectivity index (χ1v) is 8.43. The van der Waals surface area contributed by atoms with Crippen LogP contribution in [0.5, 0.6) is 0 Å². The van der Waals surface area contributed by atoms with Gasteiger partial charge in [-0.25, -0.2) is 0 Å². The van der Waals surface area contributed by atoms with Crippen LogP contribution in [0, 0.1) is 0 Å². The molecule has 0 spiro atoms. The van der Waals surface area contributed by atoms with Crippen LogP contribution in [0.3, 0.4) is 0 Å². The lowest BCUT2D eigenvalue weighted by Gasteiger charge is -2.18. The van der Waals surface area contributed by atoms with Gasteiger partial charge in [-0.3, -0.25) is 4.79 Å². The summed E-state index contributed by atoms with van der Waals surface area (Å²) in [5.41, 5.74) is 1.80. The maximum Gasteiger partial charge on any atom is 0.246 e. The van der Waals surface area contributed by atoms with Crippen LogP contribution in [0.4, 0.5) is 0 Å². The number of likely N-dealkylation sites (N-methyl/N-ethyl adjacent to an activating group) is 1. The summed E-state index contributed by atoms with van der Waals surface area (Å²) >= 11 is 5.88. The minimum Gasteiger partial charge on any atom is -0.337 e. The lowest BCUT2D eigenvalue weighted by molar-refractivity contribution is -0.131. The van der Waals surface area contributed by atoms with Crippen LogP contribution in [-0.4, -0.2) is 27.5 Å². The summed E-state index contributed by atoms with van der Waals surface area (Å²) in [4.78, 5) is 18.6. The zero-order valence-electron chi connectivity index (χ0n) is 13.9. The van der Waals surface area contributed by atoms with Crippen LogP contribution in [0.1, 0.15) is 18.4 Å². The van der Waals surface area contributed by atoms with E-state index >= 15 is 0 Å². The van der Waals surface area contributed by atoms with E-state index < -0.39 is 0 Å². The molecule has 0 aliphatic carbocycles. The van der Waals surface area contributed by atoms with Crippen molar-refractivity contribution in [2.75, 3.05) is 6.54 Å². The van der Waals surface area contributed by atoms with Crippen molar-refractivity contribution in [3.63, 3.8) is 0 Å². The Bertz CT molecular complexity index is 831. The maximum atomic E-state index is 12.5. The van der Waals surface area contributed by atoms with E-state index in [1.54, 1.807) is 17.0 Å². The molecule has 6 heteroatoms. The monoisotopic (exact) mass is 355 g/mol.